The molecule has 0 amide bonds. The minimum atomic E-state index is 0.554. The summed E-state index contributed by atoms with van der Waals surface area (Å²) in [5, 5.41) is 0. The lowest BCUT2D eigenvalue weighted by Crippen LogP contribution is -2.15. The van der Waals surface area contributed by atoms with Crippen LogP contribution in [-0.2, 0) is 0 Å². The Bertz CT molecular complexity index is 264. The van der Waals surface area contributed by atoms with E-state index in [4.69, 9.17) is 0 Å². The molecule has 0 aliphatic carbocycles. The molecule has 0 fully saturated rings. The van der Waals surface area contributed by atoms with Crippen LogP contribution in [0.2, 0.25) is 0 Å². The molecule has 0 bridgehead atoms. The van der Waals surface area contributed by atoms with E-state index in [9.17, 15) is 0 Å². The molecule has 0 saturated carbocycles. The molecule has 1 heterocycles. The Morgan fingerprint density at radius 1 is 1.36 bits per heavy atom. The molecule has 0 aliphatic rings. The Hall–Kier alpha value is -0.890. The van der Waals surface area contributed by atoms with E-state index in [1.807, 2.05) is 6.20 Å². The number of hydrogen-bond acceptors (Lipinski definition) is 2. The van der Waals surface area contributed by atoms with Crippen molar-refractivity contribution in [2.24, 2.45) is 0 Å². The van der Waals surface area contributed by atoms with Crippen molar-refractivity contribution in [1.29, 1.82) is 0 Å². The largest absolute Gasteiger partial charge is 0.309 e. The molecule has 0 N–H and O–H groups in total. The van der Waals surface area contributed by atoms with Crippen LogP contribution >= 0.6 is 0 Å². The maximum atomic E-state index is 4.44. The van der Waals surface area contributed by atoms with Crippen molar-refractivity contribution in [1.82, 2.24) is 9.88 Å². The second-order valence-corrected chi connectivity index (χ2v) is 4.25. The van der Waals surface area contributed by atoms with E-state index >= 15 is 0 Å². The van der Waals surface area contributed by atoms with Crippen LogP contribution in [0.5, 0.6) is 0 Å². The predicted octanol–water partition coefficient (Wildman–Crippen LogP) is 2.45. The highest BCUT2D eigenvalue weighted by molar-refractivity contribution is 5.14. The first kappa shape index (κ1) is 11.2. The topological polar surface area (TPSA) is 16.1 Å². The van der Waals surface area contributed by atoms with Crippen LogP contribution in [0, 0.1) is 6.92 Å². The van der Waals surface area contributed by atoms with Gasteiger partial charge >= 0.3 is 0 Å². The number of pyridine rings is 1. The van der Waals surface area contributed by atoms with Gasteiger partial charge < -0.3 is 4.90 Å². The lowest BCUT2D eigenvalue weighted by atomic mass is 10.0. The first-order valence-corrected chi connectivity index (χ1v) is 5.17. The average Bonchev–Trinajstić information content (AvgIpc) is 2.15. The lowest BCUT2D eigenvalue weighted by molar-refractivity contribution is 0.384. The molecule has 0 saturated heterocycles. The van der Waals surface area contributed by atoms with Crippen molar-refractivity contribution in [3.8, 4) is 0 Å². The zero-order valence-corrected chi connectivity index (χ0v) is 9.62. The average molecular weight is 192 g/mol. The molecule has 2 heteroatoms. The van der Waals surface area contributed by atoms with Crippen LogP contribution in [0.1, 0.15) is 30.5 Å². The third kappa shape index (κ3) is 3.46. The molecule has 1 atom stereocenters. The molecule has 0 aromatic carbocycles. The molecule has 1 unspecified atom stereocenters. The van der Waals surface area contributed by atoms with E-state index in [0.717, 1.165) is 6.54 Å². The predicted molar refractivity (Wildman–Crippen MR) is 60.6 cm³/mol. The van der Waals surface area contributed by atoms with Gasteiger partial charge in [-0.3, -0.25) is 4.98 Å². The first-order chi connectivity index (χ1) is 6.59. The number of aryl methyl sites for hydroxylation is 1. The van der Waals surface area contributed by atoms with Gasteiger partial charge in [0.15, 0.2) is 0 Å². The van der Waals surface area contributed by atoms with Gasteiger partial charge in [0.25, 0.3) is 0 Å². The number of nitrogens with zero attached hydrogens (tertiary/aromatic N) is 2. The molecule has 0 radical (unpaired) electrons. The van der Waals surface area contributed by atoms with Crippen LogP contribution in [0.4, 0.5) is 0 Å². The standard InChI is InChI=1S/C12H20N2/c1-10-5-6-12(13-9-10)11(2)7-8-14(3)4/h5-6,9,11H,7-8H2,1-4H3. The summed E-state index contributed by atoms with van der Waals surface area (Å²) in [4.78, 5) is 6.65. The second-order valence-electron chi connectivity index (χ2n) is 4.25. The number of hydrogen-bond donors (Lipinski definition) is 0. The Morgan fingerprint density at radius 2 is 2.07 bits per heavy atom. The maximum absolute atomic E-state index is 4.44. The molecule has 1 aromatic heterocycles. The minimum Gasteiger partial charge on any atom is -0.309 e. The van der Waals surface area contributed by atoms with Gasteiger partial charge in [-0.1, -0.05) is 13.0 Å². The first-order valence-electron chi connectivity index (χ1n) is 5.17. The highest BCUT2D eigenvalue weighted by Crippen LogP contribution is 2.16. The fourth-order valence-electron chi connectivity index (χ4n) is 1.37. The Balaban J connectivity index is 2.52. The Kier molecular flexibility index (Phi) is 4.08. The van der Waals surface area contributed by atoms with E-state index in [1.54, 1.807) is 0 Å². The second kappa shape index (κ2) is 5.11. The summed E-state index contributed by atoms with van der Waals surface area (Å²) in [5.41, 5.74) is 2.44. The van der Waals surface area contributed by atoms with E-state index in [-0.39, 0.29) is 0 Å². The molecule has 78 valence electrons. The molecule has 0 spiro atoms. The van der Waals surface area contributed by atoms with E-state index in [2.05, 4.69) is 50.0 Å². The molecule has 2 nitrogen and oxygen atoms in total. The molecule has 1 rings (SSSR count). The van der Waals surface area contributed by atoms with Crippen molar-refractivity contribution >= 4 is 0 Å². The van der Waals surface area contributed by atoms with Crippen LogP contribution in [0.3, 0.4) is 0 Å². The SMILES string of the molecule is Cc1ccc(C(C)CCN(C)C)nc1. The van der Waals surface area contributed by atoms with Gasteiger partial charge in [0.05, 0.1) is 0 Å². The lowest BCUT2D eigenvalue weighted by Gasteiger charge is -2.14. The van der Waals surface area contributed by atoms with Gasteiger partial charge in [0, 0.05) is 11.9 Å². The minimum absolute atomic E-state index is 0.554. The van der Waals surface area contributed by atoms with Gasteiger partial charge in [-0.25, -0.2) is 0 Å². The highest BCUT2D eigenvalue weighted by atomic mass is 15.0. The monoisotopic (exact) mass is 192 g/mol. The van der Waals surface area contributed by atoms with Crippen LogP contribution < -0.4 is 0 Å². The summed E-state index contributed by atoms with van der Waals surface area (Å²) in [5.74, 6) is 0.554. The fraction of sp³-hybridized carbons (Fsp3) is 0.583. The van der Waals surface area contributed by atoms with Crippen molar-refractivity contribution in [2.75, 3.05) is 20.6 Å². The normalized spacial score (nSPS) is 13.2. The van der Waals surface area contributed by atoms with Gasteiger partial charge in [0.2, 0.25) is 0 Å². The van der Waals surface area contributed by atoms with Gasteiger partial charge in [-0.2, -0.15) is 0 Å². The van der Waals surface area contributed by atoms with Crippen molar-refractivity contribution in [2.45, 2.75) is 26.2 Å². The van der Waals surface area contributed by atoms with Crippen LogP contribution in [0.15, 0.2) is 18.3 Å². The molecule has 14 heavy (non-hydrogen) atoms. The summed E-state index contributed by atoms with van der Waals surface area (Å²) in [6, 6.07) is 4.27. The highest BCUT2D eigenvalue weighted by Gasteiger charge is 2.06. The third-order valence-electron chi connectivity index (χ3n) is 2.45. The van der Waals surface area contributed by atoms with E-state index in [0.29, 0.717) is 5.92 Å². The number of rotatable bonds is 4. The van der Waals surface area contributed by atoms with Crippen LogP contribution in [-0.4, -0.2) is 30.5 Å². The van der Waals surface area contributed by atoms with Gasteiger partial charge in [-0.15, -0.1) is 0 Å². The van der Waals surface area contributed by atoms with Gasteiger partial charge in [-0.05, 0) is 51.5 Å². The van der Waals surface area contributed by atoms with E-state index < -0.39 is 0 Å². The van der Waals surface area contributed by atoms with Crippen molar-refractivity contribution in [3.05, 3.63) is 29.6 Å². The molecular weight excluding hydrogens is 172 g/mol. The summed E-state index contributed by atoms with van der Waals surface area (Å²) >= 11 is 0. The molecule has 1 aromatic rings. The van der Waals surface area contributed by atoms with E-state index in [1.165, 1.54) is 17.7 Å². The molecular formula is C12H20N2. The quantitative estimate of drug-likeness (QED) is 0.728. The maximum Gasteiger partial charge on any atom is 0.0432 e. The van der Waals surface area contributed by atoms with Crippen LogP contribution in [0.25, 0.3) is 0 Å². The Labute approximate surface area is 87.0 Å². The summed E-state index contributed by atoms with van der Waals surface area (Å²) in [7, 11) is 4.21. The Morgan fingerprint density at radius 3 is 2.57 bits per heavy atom. The fourth-order valence-corrected chi connectivity index (χ4v) is 1.37. The summed E-state index contributed by atoms with van der Waals surface area (Å²) in [6.07, 6.45) is 3.12. The molecule has 0 aliphatic heterocycles. The number of aromatic nitrogens is 1. The summed E-state index contributed by atoms with van der Waals surface area (Å²) in [6.45, 7) is 5.43. The zero-order valence-electron chi connectivity index (χ0n) is 9.62. The third-order valence-corrected chi connectivity index (χ3v) is 2.45. The van der Waals surface area contributed by atoms with Gasteiger partial charge in [0.1, 0.15) is 0 Å². The van der Waals surface area contributed by atoms with Crippen molar-refractivity contribution in [3.63, 3.8) is 0 Å². The smallest absolute Gasteiger partial charge is 0.0432 e. The summed E-state index contributed by atoms with van der Waals surface area (Å²) < 4.78 is 0. The van der Waals surface area contributed by atoms with Crippen molar-refractivity contribution < 1.29 is 0 Å². The zero-order chi connectivity index (χ0) is 10.6.